The van der Waals surface area contributed by atoms with Gasteiger partial charge in [0.1, 0.15) is 11.5 Å². The first-order valence-corrected chi connectivity index (χ1v) is 10.1. The fourth-order valence-corrected chi connectivity index (χ4v) is 3.53. The van der Waals surface area contributed by atoms with Crippen molar-refractivity contribution in [2.24, 2.45) is 12.0 Å². The Hall–Kier alpha value is -2.25. The normalized spacial score (nSPS) is 16.9. The SMILES string of the molecule is CCNC(=NCC(c1ccc(C)o1)N1CCOCC1)N(C)Cc1cccn1C. The van der Waals surface area contributed by atoms with E-state index in [1.54, 1.807) is 0 Å². The van der Waals surface area contributed by atoms with Crippen molar-refractivity contribution in [3.63, 3.8) is 0 Å². The van der Waals surface area contributed by atoms with Crippen LogP contribution in [-0.4, -0.2) is 66.8 Å². The molecule has 28 heavy (non-hydrogen) atoms. The lowest BCUT2D eigenvalue weighted by Gasteiger charge is -2.33. The van der Waals surface area contributed by atoms with Crippen molar-refractivity contribution in [3.05, 3.63) is 47.7 Å². The highest BCUT2D eigenvalue weighted by molar-refractivity contribution is 5.79. The molecule has 0 radical (unpaired) electrons. The van der Waals surface area contributed by atoms with Gasteiger partial charge in [0.05, 0.1) is 32.3 Å². The second-order valence-electron chi connectivity index (χ2n) is 7.27. The van der Waals surface area contributed by atoms with Crippen LogP contribution in [0.2, 0.25) is 0 Å². The van der Waals surface area contributed by atoms with Gasteiger partial charge < -0.3 is 23.9 Å². The van der Waals surface area contributed by atoms with E-state index in [4.69, 9.17) is 14.1 Å². The van der Waals surface area contributed by atoms with Crippen LogP contribution in [0.25, 0.3) is 0 Å². The summed E-state index contributed by atoms with van der Waals surface area (Å²) in [4.78, 5) is 9.54. The molecule has 2 aromatic heterocycles. The van der Waals surface area contributed by atoms with Crippen LogP contribution in [-0.2, 0) is 18.3 Å². The Labute approximate surface area is 168 Å². The number of aliphatic imine (C=N–C) groups is 1. The lowest BCUT2D eigenvalue weighted by molar-refractivity contribution is 0.0135. The van der Waals surface area contributed by atoms with Gasteiger partial charge in [-0.2, -0.15) is 0 Å². The number of guanidine groups is 1. The summed E-state index contributed by atoms with van der Waals surface area (Å²) in [6.07, 6.45) is 2.07. The number of aryl methyl sites for hydroxylation is 2. The molecule has 7 heteroatoms. The molecule has 0 amide bonds. The number of nitrogens with zero attached hydrogens (tertiary/aromatic N) is 4. The van der Waals surface area contributed by atoms with Crippen LogP contribution in [0.15, 0.2) is 39.9 Å². The van der Waals surface area contributed by atoms with Crippen molar-refractivity contribution < 1.29 is 9.15 Å². The van der Waals surface area contributed by atoms with E-state index in [1.807, 2.05) is 13.0 Å². The van der Waals surface area contributed by atoms with Crippen LogP contribution >= 0.6 is 0 Å². The smallest absolute Gasteiger partial charge is 0.194 e. The van der Waals surface area contributed by atoms with Crippen molar-refractivity contribution in [2.45, 2.75) is 26.4 Å². The van der Waals surface area contributed by atoms with Crippen LogP contribution in [0.4, 0.5) is 0 Å². The summed E-state index contributed by atoms with van der Waals surface area (Å²) in [5.41, 5.74) is 1.25. The number of furan rings is 1. The third-order valence-corrected chi connectivity index (χ3v) is 5.14. The third kappa shape index (κ3) is 5.17. The largest absolute Gasteiger partial charge is 0.465 e. The fourth-order valence-electron chi connectivity index (χ4n) is 3.53. The minimum absolute atomic E-state index is 0.120. The zero-order chi connectivity index (χ0) is 19.9. The predicted molar refractivity (Wildman–Crippen MR) is 111 cm³/mol. The van der Waals surface area contributed by atoms with Gasteiger partial charge in [-0.1, -0.05) is 0 Å². The molecule has 3 heterocycles. The Morgan fingerprint density at radius 1 is 1.29 bits per heavy atom. The van der Waals surface area contributed by atoms with Gasteiger partial charge in [0, 0.05) is 45.6 Å². The Balaban J connectivity index is 1.76. The van der Waals surface area contributed by atoms with Crippen LogP contribution in [0.1, 0.15) is 30.2 Å². The zero-order valence-corrected chi connectivity index (χ0v) is 17.5. The molecule has 1 unspecified atom stereocenters. The fraction of sp³-hybridized carbons (Fsp3) is 0.571. The molecule has 0 aromatic carbocycles. The first kappa shape index (κ1) is 20.5. The summed E-state index contributed by atoms with van der Waals surface area (Å²) in [7, 11) is 4.15. The molecule has 1 aliphatic rings. The lowest BCUT2D eigenvalue weighted by Crippen LogP contribution is -2.42. The highest BCUT2D eigenvalue weighted by atomic mass is 16.5. The molecular weight excluding hydrogens is 354 g/mol. The maximum absolute atomic E-state index is 5.96. The maximum atomic E-state index is 5.96. The number of morpholine rings is 1. The van der Waals surface area contributed by atoms with E-state index in [0.717, 1.165) is 56.9 Å². The van der Waals surface area contributed by atoms with Crippen molar-refractivity contribution in [1.29, 1.82) is 0 Å². The molecule has 1 fully saturated rings. The van der Waals surface area contributed by atoms with Crippen molar-refractivity contribution in [3.8, 4) is 0 Å². The zero-order valence-electron chi connectivity index (χ0n) is 17.5. The van der Waals surface area contributed by atoms with E-state index in [0.29, 0.717) is 6.54 Å². The lowest BCUT2D eigenvalue weighted by atomic mass is 10.1. The van der Waals surface area contributed by atoms with Gasteiger partial charge in [0.25, 0.3) is 0 Å². The summed E-state index contributed by atoms with van der Waals surface area (Å²) >= 11 is 0. The van der Waals surface area contributed by atoms with Crippen LogP contribution in [0.3, 0.4) is 0 Å². The molecule has 1 atom stereocenters. The number of ether oxygens (including phenoxy) is 1. The van der Waals surface area contributed by atoms with Gasteiger partial charge in [-0.3, -0.25) is 9.89 Å². The number of aromatic nitrogens is 1. The molecule has 7 nitrogen and oxygen atoms in total. The van der Waals surface area contributed by atoms with Crippen molar-refractivity contribution in [1.82, 2.24) is 19.7 Å². The van der Waals surface area contributed by atoms with E-state index in [2.05, 4.69) is 65.1 Å². The number of rotatable bonds is 7. The topological polar surface area (TPSA) is 58.2 Å². The molecule has 3 rings (SSSR count). The average Bonchev–Trinajstić information content (AvgIpc) is 3.30. The Morgan fingerprint density at radius 2 is 2.07 bits per heavy atom. The Morgan fingerprint density at radius 3 is 2.68 bits per heavy atom. The monoisotopic (exact) mass is 387 g/mol. The van der Waals surface area contributed by atoms with Gasteiger partial charge in [0.15, 0.2) is 5.96 Å². The van der Waals surface area contributed by atoms with Crippen LogP contribution in [0.5, 0.6) is 0 Å². The molecule has 1 aliphatic heterocycles. The predicted octanol–water partition coefficient (Wildman–Crippen LogP) is 2.40. The van der Waals surface area contributed by atoms with Crippen LogP contribution < -0.4 is 5.32 Å². The molecule has 154 valence electrons. The van der Waals surface area contributed by atoms with E-state index in [9.17, 15) is 0 Å². The van der Waals surface area contributed by atoms with E-state index < -0.39 is 0 Å². The van der Waals surface area contributed by atoms with Gasteiger partial charge in [-0.05, 0) is 38.1 Å². The first-order valence-electron chi connectivity index (χ1n) is 10.1. The molecule has 1 N–H and O–H groups in total. The van der Waals surface area contributed by atoms with Gasteiger partial charge in [0.2, 0.25) is 0 Å². The minimum atomic E-state index is 0.120. The highest BCUT2D eigenvalue weighted by Crippen LogP contribution is 2.24. The average molecular weight is 388 g/mol. The Kier molecular flexibility index (Phi) is 7.17. The maximum Gasteiger partial charge on any atom is 0.194 e. The quantitative estimate of drug-likeness (QED) is 0.584. The Bertz CT molecular complexity index is 760. The van der Waals surface area contributed by atoms with Crippen molar-refractivity contribution >= 4 is 5.96 Å². The molecular formula is C21H33N5O2. The summed E-state index contributed by atoms with van der Waals surface area (Å²) < 4.78 is 13.6. The first-order chi connectivity index (χ1) is 13.6. The molecule has 1 saturated heterocycles. The van der Waals surface area contributed by atoms with E-state index in [-0.39, 0.29) is 6.04 Å². The van der Waals surface area contributed by atoms with Gasteiger partial charge in [-0.25, -0.2) is 0 Å². The third-order valence-electron chi connectivity index (χ3n) is 5.14. The minimum Gasteiger partial charge on any atom is -0.465 e. The molecule has 2 aromatic rings. The second-order valence-corrected chi connectivity index (χ2v) is 7.27. The summed E-state index contributed by atoms with van der Waals surface area (Å²) in [6, 6.07) is 8.43. The standard InChI is InChI=1S/C21H33N5O2/c1-5-22-21(25(4)16-18-7-6-10-24(18)3)23-15-19(20-9-8-17(2)28-20)26-11-13-27-14-12-26/h6-10,19H,5,11-16H2,1-4H3,(H,22,23). The van der Waals surface area contributed by atoms with Crippen molar-refractivity contribution in [2.75, 3.05) is 46.4 Å². The second kappa shape index (κ2) is 9.80. The van der Waals surface area contributed by atoms with E-state index in [1.165, 1.54) is 5.69 Å². The summed E-state index contributed by atoms with van der Waals surface area (Å²) in [6.45, 7) is 9.68. The van der Waals surface area contributed by atoms with Gasteiger partial charge >= 0.3 is 0 Å². The number of hydrogen-bond acceptors (Lipinski definition) is 4. The highest BCUT2D eigenvalue weighted by Gasteiger charge is 2.25. The van der Waals surface area contributed by atoms with Crippen LogP contribution in [0, 0.1) is 6.92 Å². The molecule has 0 bridgehead atoms. The summed E-state index contributed by atoms with van der Waals surface area (Å²) in [5, 5.41) is 3.42. The van der Waals surface area contributed by atoms with E-state index >= 15 is 0 Å². The number of hydrogen-bond donors (Lipinski definition) is 1. The molecule has 0 aliphatic carbocycles. The number of nitrogens with one attached hydrogen (secondary N) is 1. The molecule has 0 saturated carbocycles. The van der Waals surface area contributed by atoms with Gasteiger partial charge in [-0.15, -0.1) is 0 Å². The summed E-state index contributed by atoms with van der Waals surface area (Å²) in [5.74, 6) is 2.82. The molecule has 0 spiro atoms.